The van der Waals surface area contributed by atoms with E-state index in [0.717, 1.165) is 38.6 Å². The first-order valence-electron chi connectivity index (χ1n) is 6.75. The highest BCUT2D eigenvalue weighted by molar-refractivity contribution is 4.77. The van der Waals surface area contributed by atoms with Gasteiger partial charge in [0.05, 0.1) is 19.3 Å². The van der Waals surface area contributed by atoms with Gasteiger partial charge in [-0.05, 0) is 19.3 Å². The quantitative estimate of drug-likeness (QED) is 0.792. The Kier molecular flexibility index (Phi) is 4.62. The molecule has 1 N–H and O–H groups in total. The van der Waals surface area contributed by atoms with Crippen LogP contribution < -0.4 is 0 Å². The van der Waals surface area contributed by atoms with Crippen molar-refractivity contribution in [3.8, 4) is 0 Å². The molecule has 0 aromatic rings. The summed E-state index contributed by atoms with van der Waals surface area (Å²) in [7, 11) is 0. The van der Waals surface area contributed by atoms with E-state index < -0.39 is 0 Å². The molecule has 0 aromatic carbocycles. The Morgan fingerprint density at radius 1 is 1.38 bits per heavy atom. The summed E-state index contributed by atoms with van der Waals surface area (Å²) in [5, 5.41) is 10.1. The molecule has 0 aromatic heterocycles. The Hall–Kier alpha value is -0.120. The van der Waals surface area contributed by atoms with Gasteiger partial charge in [0.2, 0.25) is 0 Å². The van der Waals surface area contributed by atoms with Gasteiger partial charge in [-0.15, -0.1) is 0 Å². The fraction of sp³-hybridized carbons (Fsp3) is 1.00. The third-order valence-corrected chi connectivity index (χ3v) is 4.03. The van der Waals surface area contributed by atoms with E-state index >= 15 is 0 Å². The van der Waals surface area contributed by atoms with Gasteiger partial charge in [-0.2, -0.15) is 0 Å². The van der Waals surface area contributed by atoms with Crippen LogP contribution in [-0.4, -0.2) is 48.5 Å². The summed E-state index contributed by atoms with van der Waals surface area (Å²) >= 11 is 0. The largest absolute Gasteiger partial charge is 0.392 e. The smallest absolute Gasteiger partial charge is 0.0669 e. The summed E-state index contributed by atoms with van der Waals surface area (Å²) in [6, 6.07) is 0.465. The van der Waals surface area contributed by atoms with Gasteiger partial charge in [0.15, 0.2) is 0 Å². The van der Waals surface area contributed by atoms with Crippen LogP contribution in [0.1, 0.15) is 39.0 Å². The molecule has 2 fully saturated rings. The molecule has 2 aliphatic rings. The molecule has 2 rings (SSSR count). The van der Waals surface area contributed by atoms with Crippen LogP contribution in [0.2, 0.25) is 0 Å². The normalized spacial score (nSPS) is 30.8. The lowest BCUT2D eigenvalue weighted by Crippen LogP contribution is -2.47. The SMILES string of the molecule is CC1COCCN1CC(O)CC1CCCC1. The van der Waals surface area contributed by atoms with E-state index in [4.69, 9.17) is 4.74 Å². The van der Waals surface area contributed by atoms with Crippen molar-refractivity contribution in [1.29, 1.82) is 0 Å². The number of aliphatic hydroxyl groups excluding tert-OH is 1. The van der Waals surface area contributed by atoms with Crippen LogP contribution in [0.25, 0.3) is 0 Å². The predicted molar refractivity (Wildman–Crippen MR) is 64.4 cm³/mol. The molecule has 1 saturated heterocycles. The molecule has 2 atom stereocenters. The molecular weight excluding hydrogens is 202 g/mol. The van der Waals surface area contributed by atoms with Crippen LogP contribution in [0, 0.1) is 5.92 Å². The van der Waals surface area contributed by atoms with Crippen molar-refractivity contribution in [3.63, 3.8) is 0 Å². The first-order chi connectivity index (χ1) is 7.75. The highest BCUT2D eigenvalue weighted by Gasteiger charge is 2.24. The summed E-state index contributed by atoms with van der Waals surface area (Å²) in [6.07, 6.45) is 6.26. The number of β-amino-alcohol motifs (C(OH)–C–C–N with tert-alkyl or cyclic N) is 1. The monoisotopic (exact) mass is 227 g/mol. The minimum absolute atomic E-state index is 0.136. The number of rotatable bonds is 4. The van der Waals surface area contributed by atoms with E-state index in [-0.39, 0.29) is 6.10 Å². The number of hydrogen-bond donors (Lipinski definition) is 1. The number of nitrogens with zero attached hydrogens (tertiary/aromatic N) is 1. The van der Waals surface area contributed by atoms with Crippen molar-refractivity contribution in [3.05, 3.63) is 0 Å². The zero-order chi connectivity index (χ0) is 11.4. The van der Waals surface area contributed by atoms with Gasteiger partial charge >= 0.3 is 0 Å². The Labute approximate surface area is 98.8 Å². The Morgan fingerprint density at radius 3 is 2.81 bits per heavy atom. The van der Waals surface area contributed by atoms with Crippen LogP contribution in [0.4, 0.5) is 0 Å². The molecular formula is C13H25NO2. The van der Waals surface area contributed by atoms with Gasteiger partial charge in [-0.3, -0.25) is 4.90 Å². The van der Waals surface area contributed by atoms with E-state index in [0.29, 0.717) is 6.04 Å². The fourth-order valence-corrected chi connectivity index (χ4v) is 3.01. The third-order valence-electron chi connectivity index (χ3n) is 4.03. The van der Waals surface area contributed by atoms with Gasteiger partial charge in [0, 0.05) is 19.1 Å². The van der Waals surface area contributed by atoms with E-state index in [1.807, 2.05) is 0 Å². The molecule has 1 aliphatic carbocycles. The Balaban J connectivity index is 1.70. The van der Waals surface area contributed by atoms with Crippen LogP contribution in [-0.2, 0) is 4.74 Å². The number of hydrogen-bond acceptors (Lipinski definition) is 3. The fourth-order valence-electron chi connectivity index (χ4n) is 3.01. The van der Waals surface area contributed by atoms with E-state index in [2.05, 4.69) is 11.8 Å². The Morgan fingerprint density at radius 2 is 2.12 bits per heavy atom. The topological polar surface area (TPSA) is 32.7 Å². The van der Waals surface area contributed by atoms with Crippen LogP contribution in [0.15, 0.2) is 0 Å². The van der Waals surface area contributed by atoms with Crippen molar-refractivity contribution in [2.24, 2.45) is 5.92 Å². The summed E-state index contributed by atoms with van der Waals surface area (Å²) in [6.45, 7) is 5.63. The lowest BCUT2D eigenvalue weighted by Gasteiger charge is -2.35. The first kappa shape index (κ1) is 12.3. The van der Waals surface area contributed by atoms with Crippen molar-refractivity contribution >= 4 is 0 Å². The summed E-state index contributed by atoms with van der Waals surface area (Å²) in [4.78, 5) is 2.36. The summed E-state index contributed by atoms with van der Waals surface area (Å²) < 4.78 is 5.40. The van der Waals surface area contributed by atoms with Crippen molar-refractivity contribution in [2.45, 2.75) is 51.2 Å². The van der Waals surface area contributed by atoms with E-state index in [9.17, 15) is 5.11 Å². The molecule has 0 spiro atoms. The average Bonchev–Trinajstić information content (AvgIpc) is 2.74. The lowest BCUT2D eigenvalue weighted by atomic mass is 9.99. The highest BCUT2D eigenvalue weighted by Crippen LogP contribution is 2.28. The molecule has 1 saturated carbocycles. The van der Waals surface area contributed by atoms with Crippen molar-refractivity contribution in [2.75, 3.05) is 26.3 Å². The maximum Gasteiger partial charge on any atom is 0.0669 e. The second-order valence-corrected chi connectivity index (χ2v) is 5.46. The second-order valence-electron chi connectivity index (χ2n) is 5.46. The van der Waals surface area contributed by atoms with Crippen LogP contribution in [0.3, 0.4) is 0 Å². The highest BCUT2D eigenvalue weighted by atomic mass is 16.5. The molecule has 16 heavy (non-hydrogen) atoms. The molecule has 0 radical (unpaired) electrons. The van der Waals surface area contributed by atoms with Crippen molar-refractivity contribution < 1.29 is 9.84 Å². The number of ether oxygens (including phenoxy) is 1. The van der Waals surface area contributed by atoms with Gasteiger partial charge in [-0.25, -0.2) is 0 Å². The van der Waals surface area contributed by atoms with Gasteiger partial charge in [0.1, 0.15) is 0 Å². The van der Waals surface area contributed by atoms with Gasteiger partial charge in [0.25, 0.3) is 0 Å². The standard InChI is InChI=1S/C13H25NO2/c1-11-10-16-7-6-14(11)9-13(15)8-12-4-2-3-5-12/h11-13,15H,2-10H2,1H3. The minimum Gasteiger partial charge on any atom is -0.392 e. The molecule has 94 valence electrons. The summed E-state index contributed by atoms with van der Waals surface area (Å²) in [5.41, 5.74) is 0. The molecule has 3 heteroatoms. The van der Waals surface area contributed by atoms with Crippen molar-refractivity contribution in [1.82, 2.24) is 4.90 Å². The zero-order valence-electron chi connectivity index (χ0n) is 10.4. The van der Waals surface area contributed by atoms with Crippen LogP contribution >= 0.6 is 0 Å². The molecule has 0 bridgehead atoms. The molecule has 1 heterocycles. The maximum absolute atomic E-state index is 10.1. The molecule has 1 aliphatic heterocycles. The zero-order valence-corrected chi connectivity index (χ0v) is 10.4. The molecule has 2 unspecified atom stereocenters. The first-order valence-corrected chi connectivity index (χ1v) is 6.75. The van der Waals surface area contributed by atoms with E-state index in [1.165, 1.54) is 25.7 Å². The lowest BCUT2D eigenvalue weighted by molar-refractivity contribution is -0.0231. The summed E-state index contributed by atoms with van der Waals surface area (Å²) in [5.74, 6) is 0.784. The number of morpholine rings is 1. The minimum atomic E-state index is -0.136. The predicted octanol–water partition coefficient (Wildman–Crippen LogP) is 1.65. The van der Waals surface area contributed by atoms with Gasteiger partial charge < -0.3 is 9.84 Å². The number of aliphatic hydroxyl groups is 1. The molecule has 0 amide bonds. The Bertz CT molecular complexity index is 204. The second kappa shape index (κ2) is 5.99. The third kappa shape index (κ3) is 3.44. The van der Waals surface area contributed by atoms with E-state index in [1.54, 1.807) is 0 Å². The molecule has 3 nitrogen and oxygen atoms in total. The average molecular weight is 227 g/mol. The van der Waals surface area contributed by atoms with Gasteiger partial charge in [-0.1, -0.05) is 25.7 Å². The van der Waals surface area contributed by atoms with Crippen LogP contribution in [0.5, 0.6) is 0 Å². The maximum atomic E-state index is 10.1.